The van der Waals surface area contributed by atoms with E-state index in [0.29, 0.717) is 23.7 Å². The van der Waals surface area contributed by atoms with Gasteiger partial charge in [0.15, 0.2) is 0 Å². The van der Waals surface area contributed by atoms with Gasteiger partial charge in [-0.1, -0.05) is 47.6 Å². The van der Waals surface area contributed by atoms with Gasteiger partial charge in [0.2, 0.25) is 5.82 Å². The minimum absolute atomic E-state index is 0.133. The first-order chi connectivity index (χ1) is 13.7. The van der Waals surface area contributed by atoms with Gasteiger partial charge in [0, 0.05) is 18.7 Å². The first-order valence-corrected chi connectivity index (χ1v) is 8.86. The number of nitrogens with zero attached hydrogens (tertiary/aromatic N) is 2. The minimum Gasteiger partial charge on any atom is -0.493 e. The summed E-state index contributed by atoms with van der Waals surface area (Å²) in [7, 11) is 0. The molecule has 0 radical (unpaired) electrons. The third-order valence-electron chi connectivity index (χ3n) is 3.78. The first-order valence-electron chi connectivity index (χ1n) is 8.86. The van der Waals surface area contributed by atoms with Gasteiger partial charge in [0.05, 0.1) is 12.2 Å². The van der Waals surface area contributed by atoms with Gasteiger partial charge in [-0.15, -0.1) is 0 Å². The predicted molar refractivity (Wildman–Crippen MR) is 102 cm³/mol. The number of benzene rings is 2. The number of carbonyl (C=O) groups excluding carboxylic acids is 2. The van der Waals surface area contributed by atoms with Crippen molar-refractivity contribution in [2.45, 2.75) is 6.92 Å². The van der Waals surface area contributed by atoms with Crippen LogP contribution in [0, 0.1) is 0 Å². The maximum absolute atomic E-state index is 12.3. The topological polar surface area (TPSA) is 106 Å². The highest BCUT2D eigenvalue weighted by Crippen LogP contribution is 2.17. The number of rotatable bonds is 8. The molecular weight excluding hydrogens is 360 g/mol. The first kappa shape index (κ1) is 19.1. The Hall–Kier alpha value is -3.68. The highest BCUT2D eigenvalue weighted by atomic mass is 16.5. The van der Waals surface area contributed by atoms with Crippen molar-refractivity contribution < 1.29 is 18.8 Å². The van der Waals surface area contributed by atoms with Crippen LogP contribution in [0.3, 0.4) is 0 Å². The Bertz CT molecular complexity index is 940. The van der Waals surface area contributed by atoms with E-state index in [4.69, 9.17) is 9.26 Å². The summed E-state index contributed by atoms with van der Waals surface area (Å²) in [6.45, 7) is 2.77. The summed E-state index contributed by atoms with van der Waals surface area (Å²) in [5.41, 5.74) is 1.20. The van der Waals surface area contributed by atoms with E-state index >= 15 is 0 Å². The molecule has 8 heteroatoms. The quantitative estimate of drug-likeness (QED) is 0.581. The third kappa shape index (κ3) is 4.73. The largest absolute Gasteiger partial charge is 0.493 e. The fraction of sp³-hybridized carbons (Fsp3) is 0.200. The lowest BCUT2D eigenvalue weighted by molar-refractivity contribution is 0.0897. The second-order valence-corrected chi connectivity index (χ2v) is 5.73. The van der Waals surface area contributed by atoms with E-state index in [0.717, 1.165) is 5.56 Å². The zero-order valence-electron chi connectivity index (χ0n) is 15.3. The molecule has 0 atom stereocenters. The fourth-order valence-corrected chi connectivity index (χ4v) is 2.48. The van der Waals surface area contributed by atoms with Crippen LogP contribution in [0.4, 0.5) is 0 Å². The van der Waals surface area contributed by atoms with Gasteiger partial charge in [-0.2, -0.15) is 4.98 Å². The molecule has 0 fully saturated rings. The van der Waals surface area contributed by atoms with Crippen LogP contribution in [-0.4, -0.2) is 41.7 Å². The van der Waals surface area contributed by atoms with Crippen LogP contribution >= 0.6 is 0 Å². The number of aromatic nitrogens is 2. The molecule has 0 aliphatic rings. The van der Waals surface area contributed by atoms with Gasteiger partial charge in [-0.3, -0.25) is 9.59 Å². The SMILES string of the molecule is CCOc1ccccc1C(=O)NCCNC(=O)c1nc(-c2ccccc2)no1. The van der Waals surface area contributed by atoms with Crippen LogP contribution in [0.5, 0.6) is 5.75 Å². The molecule has 3 aromatic rings. The standard InChI is InChI=1S/C20H20N4O4/c1-2-27-16-11-7-6-10-15(16)18(25)21-12-13-22-19(26)20-23-17(24-28-20)14-8-4-3-5-9-14/h3-11H,2,12-13H2,1H3,(H,21,25)(H,22,26). The Kier molecular flexibility index (Phi) is 6.35. The number of amides is 2. The Labute approximate surface area is 161 Å². The lowest BCUT2D eigenvalue weighted by Crippen LogP contribution is -2.35. The van der Waals surface area contributed by atoms with E-state index < -0.39 is 5.91 Å². The van der Waals surface area contributed by atoms with E-state index in [2.05, 4.69) is 20.8 Å². The van der Waals surface area contributed by atoms with Gasteiger partial charge in [0.25, 0.3) is 5.91 Å². The highest BCUT2D eigenvalue weighted by molar-refractivity contribution is 5.97. The smallest absolute Gasteiger partial charge is 0.316 e. The van der Waals surface area contributed by atoms with E-state index in [9.17, 15) is 9.59 Å². The molecule has 0 unspecified atom stereocenters. The van der Waals surface area contributed by atoms with Crippen LogP contribution in [0.25, 0.3) is 11.4 Å². The van der Waals surface area contributed by atoms with Crippen molar-refractivity contribution in [1.82, 2.24) is 20.8 Å². The Morgan fingerprint density at radius 3 is 2.39 bits per heavy atom. The minimum atomic E-state index is -0.501. The molecular formula is C20H20N4O4. The average molecular weight is 380 g/mol. The Morgan fingerprint density at radius 2 is 1.64 bits per heavy atom. The molecule has 2 amide bonds. The second-order valence-electron chi connectivity index (χ2n) is 5.73. The van der Waals surface area contributed by atoms with Crippen LogP contribution in [-0.2, 0) is 0 Å². The Morgan fingerprint density at radius 1 is 0.964 bits per heavy atom. The van der Waals surface area contributed by atoms with Gasteiger partial charge in [-0.25, -0.2) is 0 Å². The molecule has 0 saturated carbocycles. The lowest BCUT2D eigenvalue weighted by atomic mass is 10.2. The molecule has 1 aromatic heterocycles. The van der Waals surface area contributed by atoms with Crippen molar-refractivity contribution in [3.8, 4) is 17.1 Å². The number of hydrogen-bond donors (Lipinski definition) is 2. The number of para-hydroxylation sites is 1. The molecule has 0 saturated heterocycles. The molecule has 0 aliphatic carbocycles. The van der Waals surface area contributed by atoms with Gasteiger partial charge < -0.3 is 19.9 Å². The van der Waals surface area contributed by atoms with E-state index in [1.807, 2.05) is 37.3 Å². The van der Waals surface area contributed by atoms with Crippen LogP contribution < -0.4 is 15.4 Å². The monoisotopic (exact) mass is 380 g/mol. The van der Waals surface area contributed by atoms with Crippen molar-refractivity contribution in [3.05, 3.63) is 66.1 Å². The molecule has 8 nitrogen and oxygen atoms in total. The molecule has 2 aromatic carbocycles. The number of hydrogen-bond acceptors (Lipinski definition) is 6. The summed E-state index contributed by atoms with van der Waals surface area (Å²) >= 11 is 0. The molecule has 144 valence electrons. The van der Waals surface area contributed by atoms with E-state index in [1.165, 1.54) is 0 Å². The zero-order chi connectivity index (χ0) is 19.8. The van der Waals surface area contributed by atoms with Crippen molar-refractivity contribution in [3.63, 3.8) is 0 Å². The summed E-state index contributed by atoms with van der Waals surface area (Å²) in [4.78, 5) is 28.5. The van der Waals surface area contributed by atoms with Crippen molar-refractivity contribution >= 4 is 11.8 Å². The lowest BCUT2D eigenvalue weighted by Gasteiger charge is -2.10. The van der Waals surface area contributed by atoms with Crippen molar-refractivity contribution in [2.24, 2.45) is 0 Å². The second kappa shape index (κ2) is 9.31. The predicted octanol–water partition coefficient (Wildman–Crippen LogP) is 2.30. The summed E-state index contributed by atoms with van der Waals surface area (Å²) in [5, 5.41) is 9.16. The zero-order valence-corrected chi connectivity index (χ0v) is 15.3. The van der Waals surface area contributed by atoms with E-state index in [-0.39, 0.29) is 24.9 Å². The van der Waals surface area contributed by atoms with Crippen LogP contribution in [0.2, 0.25) is 0 Å². The third-order valence-corrected chi connectivity index (χ3v) is 3.78. The van der Waals surface area contributed by atoms with Crippen LogP contribution in [0.1, 0.15) is 28.0 Å². The summed E-state index contributed by atoms with van der Waals surface area (Å²) in [6.07, 6.45) is 0. The van der Waals surface area contributed by atoms with Crippen molar-refractivity contribution in [2.75, 3.05) is 19.7 Å². The molecule has 1 heterocycles. The normalized spacial score (nSPS) is 10.3. The van der Waals surface area contributed by atoms with Crippen LogP contribution in [0.15, 0.2) is 59.1 Å². The molecule has 3 rings (SSSR count). The maximum atomic E-state index is 12.3. The molecule has 28 heavy (non-hydrogen) atoms. The average Bonchev–Trinajstić information content (AvgIpc) is 3.23. The number of carbonyl (C=O) groups is 2. The molecule has 0 bridgehead atoms. The molecule has 2 N–H and O–H groups in total. The van der Waals surface area contributed by atoms with Gasteiger partial charge >= 0.3 is 11.8 Å². The molecule has 0 aliphatic heterocycles. The summed E-state index contributed by atoms with van der Waals surface area (Å²) in [6, 6.07) is 16.2. The number of nitrogens with one attached hydrogen (secondary N) is 2. The van der Waals surface area contributed by atoms with Gasteiger partial charge in [-0.05, 0) is 19.1 Å². The summed E-state index contributed by atoms with van der Waals surface area (Å²) < 4.78 is 10.4. The maximum Gasteiger partial charge on any atom is 0.316 e. The summed E-state index contributed by atoms with van der Waals surface area (Å²) in [5.74, 6) is -0.0506. The van der Waals surface area contributed by atoms with Crippen molar-refractivity contribution in [1.29, 1.82) is 0 Å². The van der Waals surface area contributed by atoms with Gasteiger partial charge in [0.1, 0.15) is 5.75 Å². The Balaban J connectivity index is 1.48. The van der Waals surface area contributed by atoms with E-state index in [1.54, 1.807) is 24.3 Å². The molecule has 0 spiro atoms. The number of ether oxygens (including phenoxy) is 1. The highest BCUT2D eigenvalue weighted by Gasteiger charge is 2.16. The fourth-order valence-electron chi connectivity index (χ4n) is 2.48.